The third kappa shape index (κ3) is 3.28. The van der Waals surface area contributed by atoms with Crippen LogP contribution in [0.5, 0.6) is 5.75 Å². The van der Waals surface area contributed by atoms with Gasteiger partial charge in [-0.25, -0.2) is 4.98 Å². The van der Waals surface area contributed by atoms with Gasteiger partial charge in [0.1, 0.15) is 17.0 Å². The normalized spacial score (nSPS) is 15.0. The number of rotatable bonds is 4. The van der Waals surface area contributed by atoms with E-state index in [-0.39, 0.29) is 11.1 Å². The monoisotopic (exact) mass is 430 g/mol. The molecule has 0 unspecified atom stereocenters. The van der Waals surface area contributed by atoms with Crippen LogP contribution in [0.1, 0.15) is 47.3 Å². The van der Waals surface area contributed by atoms with Crippen molar-refractivity contribution in [1.29, 1.82) is 0 Å². The number of aromatic nitrogens is 4. The minimum absolute atomic E-state index is 0.238. The Labute approximate surface area is 178 Å². The fourth-order valence-electron chi connectivity index (χ4n) is 3.64. The quantitative estimate of drug-likeness (QED) is 0.659. The molecular weight excluding hydrogens is 408 g/mol. The molecule has 2 aromatic heterocycles. The molecule has 0 saturated carbocycles. The van der Waals surface area contributed by atoms with Crippen LogP contribution in [0.2, 0.25) is 5.02 Å². The second kappa shape index (κ2) is 7.02. The molecule has 0 fully saturated rings. The molecule has 1 aliphatic heterocycles. The number of hydrogen-bond acceptors (Lipinski definition) is 5. The van der Waals surface area contributed by atoms with Gasteiger partial charge in [-0.2, -0.15) is 5.10 Å². The molecule has 0 aliphatic carbocycles. The second-order valence-corrected chi connectivity index (χ2v) is 8.58. The summed E-state index contributed by atoms with van der Waals surface area (Å²) in [6.07, 6.45) is 0. The van der Waals surface area contributed by atoms with Crippen LogP contribution in [-0.2, 0) is 13.1 Å². The first kappa shape index (κ1) is 20.2. The molecule has 3 heterocycles. The summed E-state index contributed by atoms with van der Waals surface area (Å²) in [5, 5.41) is 7.47. The number of carbonyl (C=O) groups is 2. The van der Waals surface area contributed by atoms with Crippen LogP contribution < -0.4 is 15.8 Å². The van der Waals surface area contributed by atoms with Crippen molar-refractivity contribution in [1.82, 2.24) is 19.3 Å². The summed E-state index contributed by atoms with van der Waals surface area (Å²) in [6.45, 7) is 9.24. The Morgan fingerprint density at radius 1 is 1.37 bits per heavy atom. The van der Waals surface area contributed by atoms with Gasteiger partial charge < -0.3 is 15.0 Å². The van der Waals surface area contributed by atoms with E-state index >= 15 is 0 Å². The number of nitrogens with one attached hydrogen (secondary N) is 1. The molecule has 30 heavy (non-hydrogen) atoms. The minimum atomic E-state index is -0.575. The maximum absolute atomic E-state index is 13.1. The highest BCUT2D eigenvalue weighted by molar-refractivity contribution is 6.34. The topological polar surface area (TPSA) is 117 Å². The average Bonchev–Trinajstić information content (AvgIpc) is 3.10. The molecule has 2 amide bonds. The lowest BCUT2D eigenvalue weighted by atomic mass is 9.95. The lowest BCUT2D eigenvalue weighted by Crippen LogP contribution is -2.27. The van der Waals surface area contributed by atoms with E-state index in [4.69, 9.17) is 22.1 Å². The Morgan fingerprint density at radius 3 is 2.77 bits per heavy atom. The molecular formula is C20H23ClN6O3. The summed E-state index contributed by atoms with van der Waals surface area (Å²) in [5.74, 6) is -0.135. The van der Waals surface area contributed by atoms with Crippen molar-refractivity contribution in [2.45, 2.75) is 40.8 Å². The molecule has 9 nitrogen and oxygen atoms in total. The highest BCUT2D eigenvalue weighted by Gasteiger charge is 2.30. The molecule has 0 saturated heterocycles. The van der Waals surface area contributed by atoms with Crippen LogP contribution in [0, 0.1) is 12.3 Å². The Balaban J connectivity index is 1.84. The van der Waals surface area contributed by atoms with E-state index in [0.29, 0.717) is 58.7 Å². The molecule has 1 aliphatic rings. The summed E-state index contributed by atoms with van der Waals surface area (Å²) in [7, 11) is 0. The highest BCUT2D eigenvalue weighted by Crippen LogP contribution is 2.37. The number of primary amides is 1. The highest BCUT2D eigenvalue weighted by atomic mass is 35.5. The molecule has 0 bridgehead atoms. The van der Waals surface area contributed by atoms with Gasteiger partial charge in [-0.3, -0.25) is 19.6 Å². The molecule has 4 rings (SSSR count). The number of aryl methyl sites for hydroxylation is 2. The Morgan fingerprint density at radius 2 is 2.10 bits per heavy atom. The number of hydrogen-bond donors (Lipinski definition) is 2. The summed E-state index contributed by atoms with van der Waals surface area (Å²) < 4.78 is 9.43. The number of benzene rings is 1. The maximum Gasteiger partial charge on any atom is 0.277 e. The Hall–Kier alpha value is -3.07. The van der Waals surface area contributed by atoms with Crippen molar-refractivity contribution in [3.8, 4) is 5.75 Å². The van der Waals surface area contributed by atoms with Gasteiger partial charge in [0.25, 0.3) is 5.91 Å². The predicted molar refractivity (Wildman–Crippen MR) is 113 cm³/mol. The molecule has 0 radical (unpaired) electrons. The Kier molecular flexibility index (Phi) is 4.73. The van der Waals surface area contributed by atoms with E-state index in [0.717, 1.165) is 0 Å². The van der Waals surface area contributed by atoms with Gasteiger partial charge in [0.15, 0.2) is 0 Å². The second-order valence-electron chi connectivity index (χ2n) is 8.20. The molecule has 0 spiro atoms. The molecule has 3 N–H and O–H groups in total. The number of amides is 2. The average molecular weight is 431 g/mol. The van der Waals surface area contributed by atoms with Crippen molar-refractivity contribution >= 4 is 40.4 Å². The maximum atomic E-state index is 13.1. The molecule has 3 aromatic rings. The largest absolute Gasteiger partial charge is 0.491 e. The third-order valence-corrected chi connectivity index (χ3v) is 5.54. The van der Waals surface area contributed by atoms with Crippen molar-refractivity contribution in [3.63, 3.8) is 0 Å². The zero-order valence-electron chi connectivity index (χ0n) is 17.2. The van der Waals surface area contributed by atoms with Crippen molar-refractivity contribution in [2.75, 3.05) is 11.9 Å². The number of ether oxygens (including phenoxy) is 1. The van der Waals surface area contributed by atoms with Gasteiger partial charge >= 0.3 is 0 Å². The van der Waals surface area contributed by atoms with Crippen molar-refractivity contribution in [3.05, 3.63) is 34.1 Å². The zero-order chi connectivity index (χ0) is 21.8. The SMILES string of the molecule is CCn1nc(C)c(Cl)c1C(=O)Nc1nc2cc(C(N)=O)cc3c2n1CC(C)(C)CO3. The fraction of sp³-hybridized carbons (Fsp3) is 0.400. The third-order valence-electron chi connectivity index (χ3n) is 5.09. The smallest absolute Gasteiger partial charge is 0.277 e. The van der Waals surface area contributed by atoms with Crippen LogP contribution in [-0.4, -0.2) is 37.8 Å². The lowest BCUT2D eigenvalue weighted by molar-refractivity contribution is 0.0995. The number of carbonyl (C=O) groups excluding carboxylic acids is 2. The summed E-state index contributed by atoms with van der Waals surface area (Å²) in [4.78, 5) is 29.4. The van der Waals surface area contributed by atoms with Crippen LogP contribution in [0.4, 0.5) is 5.95 Å². The van der Waals surface area contributed by atoms with E-state index < -0.39 is 11.8 Å². The van der Waals surface area contributed by atoms with Gasteiger partial charge in [-0.1, -0.05) is 25.4 Å². The van der Waals surface area contributed by atoms with Crippen molar-refractivity contribution < 1.29 is 14.3 Å². The molecule has 0 atom stereocenters. The van der Waals surface area contributed by atoms with Gasteiger partial charge in [-0.05, 0) is 26.0 Å². The van der Waals surface area contributed by atoms with E-state index in [9.17, 15) is 9.59 Å². The molecule has 158 valence electrons. The summed E-state index contributed by atoms with van der Waals surface area (Å²) in [5.41, 5.74) is 7.60. The summed E-state index contributed by atoms with van der Waals surface area (Å²) in [6, 6.07) is 3.21. The molecule has 10 heteroatoms. The van der Waals surface area contributed by atoms with Gasteiger partial charge in [0, 0.05) is 24.1 Å². The van der Waals surface area contributed by atoms with Crippen molar-refractivity contribution in [2.24, 2.45) is 11.1 Å². The number of nitrogens with zero attached hydrogens (tertiary/aromatic N) is 4. The number of halogens is 1. The number of nitrogens with two attached hydrogens (primary N) is 1. The van der Waals surface area contributed by atoms with E-state index in [1.807, 2.05) is 11.5 Å². The first-order valence-corrected chi connectivity index (χ1v) is 10.00. The van der Waals surface area contributed by atoms with Crippen LogP contribution in [0.3, 0.4) is 0 Å². The van der Waals surface area contributed by atoms with Gasteiger partial charge in [-0.15, -0.1) is 0 Å². The zero-order valence-corrected chi connectivity index (χ0v) is 18.0. The first-order valence-electron chi connectivity index (χ1n) is 9.62. The van der Waals surface area contributed by atoms with Crippen LogP contribution in [0.15, 0.2) is 12.1 Å². The standard InChI is InChI=1S/C20H23ClN6O3/c1-5-27-16(14(21)10(2)25-27)18(29)24-19-23-12-6-11(17(22)28)7-13-15(12)26(19)8-20(3,4)9-30-13/h6-7H,5,8-9H2,1-4H3,(H2,22,28)(H,23,24,29). The number of anilines is 1. The predicted octanol–water partition coefficient (Wildman–Crippen LogP) is 2.98. The van der Waals surface area contributed by atoms with Crippen LogP contribution >= 0.6 is 11.6 Å². The van der Waals surface area contributed by atoms with E-state index in [1.165, 1.54) is 0 Å². The van der Waals surface area contributed by atoms with Gasteiger partial charge in [0.05, 0.1) is 22.8 Å². The Bertz CT molecular complexity index is 1190. The minimum Gasteiger partial charge on any atom is -0.491 e. The summed E-state index contributed by atoms with van der Waals surface area (Å²) >= 11 is 6.33. The van der Waals surface area contributed by atoms with E-state index in [2.05, 4.69) is 29.2 Å². The first-order chi connectivity index (χ1) is 14.1. The molecule has 1 aromatic carbocycles. The number of imidazole rings is 1. The van der Waals surface area contributed by atoms with E-state index in [1.54, 1.807) is 23.7 Å². The van der Waals surface area contributed by atoms with Crippen LogP contribution in [0.25, 0.3) is 11.0 Å². The lowest BCUT2D eigenvalue weighted by Gasteiger charge is -2.23. The fourth-order valence-corrected chi connectivity index (χ4v) is 3.87. The van der Waals surface area contributed by atoms with Gasteiger partial charge in [0.2, 0.25) is 11.9 Å².